The van der Waals surface area contributed by atoms with Crippen LogP contribution in [-0.2, 0) is 6.54 Å². The van der Waals surface area contributed by atoms with Crippen molar-refractivity contribution in [3.05, 3.63) is 74.6 Å². The lowest BCUT2D eigenvalue weighted by Gasteiger charge is -2.20. The number of ether oxygens (including phenoxy) is 1. The van der Waals surface area contributed by atoms with E-state index in [1.165, 1.54) is 23.4 Å². The maximum atomic E-state index is 13.6. The van der Waals surface area contributed by atoms with Crippen molar-refractivity contribution in [3.63, 3.8) is 0 Å². The third-order valence-corrected chi connectivity index (χ3v) is 4.55. The number of nitrogens with zero attached hydrogens (tertiary/aromatic N) is 2. The predicted molar refractivity (Wildman–Crippen MR) is 99.8 cm³/mol. The molecule has 0 atom stereocenters. The van der Waals surface area contributed by atoms with E-state index in [0.717, 1.165) is 36.2 Å². The van der Waals surface area contributed by atoms with Gasteiger partial charge in [0.2, 0.25) is 11.7 Å². The van der Waals surface area contributed by atoms with Crippen molar-refractivity contribution in [3.8, 4) is 5.75 Å². The van der Waals surface area contributed by atoms with Gasteiger partial charge in [-0.25, -0.2) is 13.2 Å². The first-order valence-corrected chi connectivity index (χ1v) is 8.71. The van der Waals surface area contributed by atoms with Crippen molar-refractivity contribution >= 4 is 5.95 Å². The summed E-state index contributed by atoms with van der Waals surface area (Å²) in [5.74, 6) is -3.89. The fraction of sp³-hybridized carbons (Fsp3) is 0.300. The van der Waals surface area contributed by atoms with E-state index in [4.69, 9.17) is 4.74 Å². The Bertz CT molecular complexity index is 1020. The molecule has 0 unspecified atom stereocenters. The Hall–Kier alpha value is -3.03. The van der Waals surface area contributed by atoms with Gasteiger partial charge in [-0.05, 0) is 50.0 Å². The average Bonchev–Trinajstić information content (AvgIpc) is 2.64. The first-order chi connectivity index (χ1) is 13.3. The van der Waals surface area contributed by atoms with Crippen LogP contribution in [0.4, 0.5) is 19.1 Å². The summed E-state index contributed by atoms with van der Waals surface area (Å²) < 4.78 is 46.9. The van der Waals surface area contributed by atoms with E-state index >= 15 is 0 Å². The van der Waals surface area contributed by atoms with Gasteiger partial charge < -0.3 is 14.6 Å². The Morgan fingerprint density at radius 2 is 1.86 bits per heavy atom. The van der Waals surface area contributed by atoms with E-state index < -0.39 is 23.0 Å². The molecule has 0 radical (unpaired) electrons. The Labute approximate surface area is 160 Å². The molecule has 0 saturated carbocycles. The van der Waals surface area contributed by atoms with Crippen molar-refractivity contribution in [2.24, 2.45) is 0 Å². The van der Waals surface area contributed by atoms with Crippen LogP contribution in [0.15, 0.2) is 46.0 Å². The van der Waals surface area contributed by atoms with Crippen LogP contribution in [-0.4, -0.2) is 16.7 Å². The molecule has 2 aromatic rings. The molecule has 3 rings (SSSR count). The smallest absolute Gasteiger partial charge is 0.316 e. The van der Waals surface area contributed by atoms with Crippen LogP contribution in [0.2, 0.25) is 0 Å². The molecule has 0 aliphatic heterocycles. The molecule has 1 heterocycles. The number of nitrogens with one attached hydrogen (secondary N) is 1. The lowest BCUT2D eigenvalue weighted by Crippen LogP contribution is -2.21. The van der Waals surface area contributed by atoms with Crippen LogP contribution in [0.3, 0.4) is 0 Å². The highest BCUT2D eigenvalue weighted by atomic mass is 19.2. The van der Waals surface area contributed by atoms with Gasteiger partial charge in [-0.2, -0.15) is 4.98 Å². The molecular formula is C20H20F3N3O2. The van der Waals surface area contributed by atoms with Crippen LogP contribution in [0.1, 0.15) is 32.3 Å². The highest BCUT2D eigenvalue weighted by molar-refractivity contribution is 5.44. The van der Waals surface area contributed by atoms with Gasteiger partial charge in [0, 0.05) is 5.70 Å². The lowest BCUT2D eigenvalue weighted by atomic mass is 9.98. The zero-order chi connectivity index (χ0) is 20.4. The summed E-state index contributed by atoms with van der Waals surface area (Å²) in [5.41, 5.74) is 2.77. The topological polar surface area (TPSA) is 56.1 Å². The molecule has 0 saturated heterocycles. The van der Waals surface area contributed by atoms with Gasteiger partial charge in [-0.3, -0.25) is 4.79 Å². The summed E-state index contributed by atoms with van der Waals surface area (Å²) in [6, 6.07) is 1.81. The van der Waals surface area contributed by atoms with Crippen LogP contribution in [0, 0.1) is 17.5 Å². The van der Waals surface area contributed by atoms with E-state index in [1.54, 1.807) is 0 Å². The van der Waals surface area contributed by atoms with E-state index in [0.29, 0.717) is 0 Å². The number of benzene rings is 1. The summed E-state index contributed by atoms with van der Waals surface area (Å²) in [5, 5.41) is 3.14. The molecule has 1 N–H and O–H groups in total. The molecule has 8 heteroatoms. The normalized spacial score (nSPS) is 14.1. The molecule has 1 aliphatic rings. The third kappa shape index (κ3) is 4.11. The highest BCUT2D eigenvalue weighted by Gasteiger charge is 2.16. The van der Waals surface area contributed by atoms with Crippen LogP contribution in [0.5, 0.6) is 5.75 Å². The number of aromatic nitrogens is 2. The van der Waals surface area contributed by atoms with Crippen LogP contribution in [0.25, 0.3) is 0 Å². The molecule has 1 aromatic carbocycles. The van der Waals surface area contributed by atoms with Crippen molar-refractivity contribution in [2.45, 2.75) is 33.2 Å². The van der Waals surface area contributed by atoms with E-state index in [9.17, 15) is 18.0 Å². The number of rotatable bonds is 5. The van der Waals surface area contributed by atoms with E-state index in [-0.39, 0.29) is 23.8 Å². The van der Waals surface area contributed by atoms with E-state index in [1.807, 2.05) is 19.9 Å². The minimum absolute atomic E-state index is 0.0151. The van der Waals surface area contributed by atoms with Crippen LogP contribution < -0.4 is 15.6 Å². The first kappa shape index (κ1) is 19.7. The molecule has 0 fully saturated rings. The number of allylic oxidation sites excluding steroid dienone is 4. The van der Waals surface area contributed by atoms with Gasteiger partial charge in [0.15, 0.2) is 17.5 Å². The Morgan fingerprint density at radius 1 is 1.18 bits per heavy atom. The highest BCUT2D eigenvalue weighted by Crippen LogP contribution is 2.25. The second-order valence-corrected chi connectivity index (χ2v) is 6.72. The number of halogens is 3. The lowest BCUT2D eigenvalue weighted by molar-refractivity contribution is 0.402. The molecule has 1 aliphatic carbocycles. The first-order valence-electron chi connectivity index (χ1n) is 8.71. The SMILES string of the molecule is COc1cn(Cc2cc(F)c(F)c(F)c2)c(NC2=C(C)C=C(C)CC2)nc1=O. The van der Waals surface area contributed by atoms with Crippen molar-refractivity contribution < 1.29 is 17.9 Å². The monoisotopic (exact) mass is 391 g/mol. The quantitative estimate of drug-likeness (QED) is 0.779. The van der Waals surface area contributed by atoms with Gasteiger partial charge in [-0.15, -0.1) is 0 Å². The molecule has 1 aromatic heterocycles. The third-order valence-electron chi connectivity index (χ3n) is 4.55. The van der Waals surface area contributed by atoms with Crippen LogP contribution >= 0.6 is 0 Å². The summed E-state index contributed by atoms with van der Waals surface area (Å²) >= 11 is 0. The zero-order valence-electron chi connectivity index (χ0n) is 15.8. The van der Waals surface area contributed by atoms with Gasteiger partial charge in [0.05, 0.1) is 19.9 Å². The van der Waals surface area contributed by atoms with Gasteiger partial charge in [0.1, 0.15) is 0 Å². The minimum Gasteiger partial charge on any atom is -0.490 e. The van der Waals surface area contributed by atoms with Crippen molar-refractivity contribution in [1.29, 1.82) is 0 Å². The Morgan fingerprint density at radius 3 is 2.46 bits per heavy atom. The number of hydrogen-bond donors (Lipinski definition) is 1. The Balaban J connectivity index is 2.02. The van der Waals surface area contributed by atoms with E-state index in [2.05, 4.69) is 10.3 Å². The fourth-order valence-electron chi connectivity index (χ4n) is 3.07. The molecule has 5 nitrogen and oxygen atoms in total. The fourth-order valence-corrected chi connectivity index (χ4v) is 3.07. The average molecular weight is 391 g/mol. The van der Waals surface area contributed by atoms with Crippen molar-refractivity contribution in [1.82, 2.24) is 9.55 Å². The minimum atomic E-state index is -1.53. The maximum absolute atomic E-state index is 13.6. The maximum Gasteiger partial charge on any atom is 0.316 e. The van der Waals surface area contributed by atoms with Gasteiger partial charge >= 0.3 is 5.56 Å². The number of anilines is 1. The van der Waals surface area contributed by atoms with Gasteiger partial charge in [-0.1, -0.05) is 11.6 Å². The standard InChI is InChI=1S/C20H20F3N3O2/c1-11-4-5-16(12(2)6-11)24-20-25-19(27)17(28-3)10-26(20)9-13-7-14(21)18(23)15(22)8-13/h6-8,10H,4-5,9H2,1-3H3,(H,24,25,27). The molecule has 148 valence electrons. The molecule has 0 bridgehead atoms. The van der Waals surface area contributed by atoms with Gasteiger partial charge in [0.25, 0.3) is 0 Å². The summed E-state index contributed by atoms with van der Waals surface area (Å²) in [6.07, 6.45) is 5.06. The predicted octanol–water partition coefficient (Wildman–Crippen LogP) is 4.14. The summed E-state index contributed by atoms with van der Waals surface area (Å²) in [7, 11) is 1.33. The number of hydrogen-bond acceptors (Lipinski definition) is 4. The largest absolute Gasteiger partial charge is 0.490 e. The molecule has 0 amide bonds. The zero-order valence-corrected chi connectivity index (χ0v) is 15.8. The van der Waals surface area contributed by atoms with Crippen molar-refractivity contribution in [2.75, 3.05) is 12.4 Å². The number of methoxy groups -OCH3 is 1. The molecular weight excluding hydrogens is 371 g/mol. The molecule has 0 spiro atoms. The summed E-state index contributed by atoms with van der Waals surface area (Å²) in [6.45, 7) is 3.95. The molecule has 28 heavy (non-hydrogen) atoms. The second-order valence-electron chi connectivity index (χ2n) is 6.72. The Kier molecular flexibility index (Phi) is 5.58. The summed E-state index contributed by atoms with van der Waals surface area (Å²) in [4.78, 5) is 16.1. The second kappa shape index (κ2) is 7.92.